The first-order valence-corrected chi connectivity index (χ1v) is 13.4. The maximum absolute atomic E-state index is 13.5. The molecule has 1 amide bonds. The van der Waals surface area contributed by atoms with E-state index in [0.717, 1.165) is 18.7 Å². The highest BCUT2D eigenvalue weighted by molar-refractivity contribution is 6.46. The number of likely N-dealkylation sites (tertiary alicyclic amines) is 1. The van der Waals surface area contributed by atoms with Gasteiger partial charge in [-0.15, -0.1) is 0 Å². The topological polar surface area (TPSA) is 88.5 Å². The lowest BCUT2D eigenvalue weighted by molar-refractivity contribution is -0.140. The van der Waals surface area contributed by atoms with Crippen molar-refractivity contribution in [1.82, 2.24) is 9.80 Å². The van der Waals surface area contributed by atoms with E-state index < -0.39 is 17.7 Å². The maximum Gasteiger partial charge on any atom is 0.295 e. The molecule has 0 spiro atoms. The second-order valence-electron chi connectivity index (χ2n) is 9.43. The van der Waals surface area contributed by atoms with Crippen LogP contribution < -0.4 is 14.2 Å². The Morgan fingerprint density at radius 3 is 2.20 bits per heavy atom. The van der Waals surface area contributed by atoms with Crippen molar-refractivity contribution >= 4 is 17.4 Å². The number of aliphatic hydroxyl groups is 1. The minimum atomic E-state index is -0.852. The van der Waals surface area contributed by atoms with Gasteiger partial charge in [0.15, 0.2) is 0 Å². The summed E-state index contributed by atoms with van der Waals surface area (Å²) in [6, 6.07) is 21.0. The van der Waals surface area contributed by atoms with E-state index in [1.165, 1.54) is 12.0 Å². The molecule has 1 N–H and O–H groups in total. The second kappa shape index (κ2) is 13.2. The van der Waals surface area contributed by atoms with E-state index in [1.807, 2.05) is 44.2 Å². The van der Waals surface area contributed by atoms with E-state index in [4.69, 9.17) is 14.2 Å². The summed E-state index contributed by atoms with van der Waals surface area (Å²) in [4.78, 5) is 30.5. The molecule has 1 aliphatic heterocycles. The molecule has 8 nitrogen and oxygen atoms in total. The van der Waals surface area contributed by atoms with Crippen LogP contribution in [0.3, 0.4) is 0 Å². The molecule has 8 heteroatoms. The number of rotatable bonds is 12. The largest absolute Gasteiger partial charge is 0.507 e. The van der Waals surface area contributed by atoms with Crippen LogP contribution in [-0.2, 0) is 16.2 Å². The molecule has 1 unspecified atom stereocenters. The molecule has 1 fully saturated rings. The van der Waals surface area contributed by atoms with Crippen LogP contribution in [0, 0.1) is 0 Å². The third kappa shape index (κ3) is 6.13. The molecular weight excluding hydrogens is 508 g/mol. The first kappa shape index (κ1) is 28.7. The molecule has 1 saturated heterocycles. The lowest BCUT2D eigenvalue weighted by atomic mass is 9.94. The highest BCUT2D eigenvalue weighted by atomic mass is 16.5. The number of hydrogen-bond donors (Lipinski definition) is 1. The number of amides is 1. The molecule has 0 aliphatic carbocycles. The minimum Gasteiger partial charge on any atom is -0.507 e. The fourth-order valence-electron chi connectivity index (χ4n) is 4.88. The number of hydrogen-bond acceptors (Lipinski definition) is 7. The Kier molecular flexibility index (Phi) is 9.45. The van der Waals surface area contributed by atoms with Gasteiger partial charge < -0.3 is 29.1 Å². The van der Waals surface area contributed by atoms with Crippen molar-refractivity contribution in [3.63, 3.8) is 0 Å². The van der Waals surface area contributed by atoms with Gasteiger partial charge in [0.2, 0.25) is 0 Å². The second-order valence-corrected chi connectivity index (χ2v) is 9.43. The molecule has 1 atom stereocenters. The van der Waals surface area contributed by atoms with Crippen LogP contribution in [0.25, 0.3) is 5.76 Å². The lowest BCUT2D eigenvalue weighted by Crippen LogP contribution is -2.38. The summed E-state index contributed by atoms with van der Waals surface area (Å²) in [5, 5.41) is 11.5. The fraction of sp³-hybridized carbons (Fsp3) is 0.312. The number of carbonyl (C=O) groups excluding carboxylic acids is 2. The zero-order valence-electron chi connectivity index (χ0n) is 23.4. The Bertz CT molecular complexity index is 1350. The van der Waals surface area contributed by atoms with Gasteiger partial charge in [-0.05, 0) is 61.1 Å². The van der Waals surface area contributed by atoms with Crippen molar-refractivity contribution in [2.45, 2.75) is 26.5 Å². The molecule has 0 radical (unpaired) electrons. The molecule has 40 heavy (non-hydrogen) atoms. The summed E-state index contributed by atoms with van der Waals surface area (Å²) in [5.41, 5.74) is 2.01. The van der Waals surface area contributed by atoms with Gasteiger partial charge in [-0.1, -0.05) is 44.2 Å². The van der Waals surface area contributed by atoms with Crippen molar-refractivity contribution in [3.05, 3.63) is 95.1 Å². The van der Waals surface area contributed by atoms with E-state index >= 15 is 0 Å². The zero-order valence-corrected chi connectivity index (χ0v) is 23.4. The molecule has 3 aromatic carbocycles. The standard InChI is InChI=1S/C32H36N2O6/c1-5-33(6-2)18-19-34-29(26-20-25(38-3)16-17-27(26)39-4)28(31(36)32(34)37)30(35)23-12-14-24(15-13-23)40-21-22-10-8-7-9-11-22/h7-17,20,29,35H,5-6,18-19,21H2,1-4H3/b30-28+. The molecule has 0 aromatic heterocycles. The Morgan fingerprint density at radius 2 is 1.57 bits per heavy atom. The lowest BCUT2D eigenvalue weighted by Gasteiger charge is -2.29. The van der Waals surface area contributed by atoms with Gasteiger partial charge in [0.1, 0.15) is 29.6 Å². The van der Waals surface area contributed by atoms with Gasteiger partial charge >= 0.3 is 0 Å². The van der Waals surface area contributed by atoms with Crippen molar-refractivity contribution in [2.24, 2.45) is 0 Å². The van der Waals surface area contributed by atoms with E-state index in [9.17, 15) is 14.7 Å². The number of carbonyl (C=O) groups is 2. The number of ether oxygens (including phenoxy) is 3. The number of ketones is 1. The number of nitrogens with zero attached hydrogens (tertiary/aromatic N) is 2. The Hall–Kier alpha value is -4.30. The minimum absolute atomic E-state index is 0.00838. The van der Waals surface area contributed by atoms with Crippen LogP contribution in [0.5, 0.6) is 17.2 Å². The van der Waals surface area contributed by atoms with Crippen molar-refractivity contribution in [3.8, 4) is 17.2 Å². The maximum atomic E-state index is 13.5. The Morgan fingerprint density at radius 1 is 0.900 bits per heavy atom. The van der Waals surface area contributed by atoms with E-state index in [1.54, 1.807) is 49.6 Å². The van der Waals surface area contributed by atoms with Crippen molar-refractivity contribution in [2.75, 3.05) is 40.4 Å². The summed E-state index contributed by atoms with van der Waals surface area (Å²) in [6.45, 7) is 7.01. The average molecular weight is 545 g/mol. The first-order chi connectivity index (χ1) is 19.4. The van der Waals surface area contributed by atoms with Crippen molar-refractivity contribution in [1.29, 1.82) is 0 Å². The zero-order chi connectivity index (χ0) is 28.6. The van der Waals surface area contributed by atoms with Crippen molar-refractivity contribution < 1.29 is 28.9 Å². The number of methoxy groups -OCH3 is 2. The van der Waals surface area contributed by atoms with E-state index in [0.29, 0.717) is 48.1 Å². The van der Waals surface area contributed by atoms with Gasteiger partial charge in [-0.2, -0.15) is 0 Å². The number of aliphatic hydroxyl groups excluding tert-OH is 1. The van der Waals surface area contributed by atoms with Crippen LogP contribution in [0.15, 0.2) is 78.4 Å². The number of Topliss-reactive ketones (excluding diaryl/α,β-unsaturated/α-hetero) is 1. The van der Waals surface area contributed by atoms with Crippen LogP contribution in [0.4, 0.5) is 0 Å². The van der Waals surface area contributed by atoms with Gasteiger partial charge in [0.05, 0.1) is 25.8 Å². The van der Waals surface area contributed by atoms with E-state index in [2.05, 4.69) is 4.90 Å². The number of likely N-dealkylation sites (N-methyl/N-ethyl adjacent to an activating group) is 1. The van der Waals surface area contributed by atoms with Gasteiger partial charge in [0, 0.05) is 24.2 Å². The average Bonchev–Trinajstić information content (AvgIpc) is 3.25. The third-order valence-corrected chi connectivity index (χ3v) is 7.20. The monoisotopic (exact) mass is 544 g/mol. The van der Waals surface area contributed by atoms with Gasteiger partial charge in [-0.25, -0.2) is 0 Å². The van der Waals surface area contributed by atoms with Gasteiger partial charge in [-0.3, -0.25) is 9.59 Å². The molecule has 1 heterocycles. The highest BCUT2D eigenvalue weighted by Crippen LogP contribution is 2.43. The van der Waals surface area contributed by atoms with Crippen LogP contribution in [0.2, 0.25) is 0 Å². The molecule has 0 saturated carbocycles. The van der Waals surface area contributed by atoms with Crippen LogP contribution in [0.1, 0.15) is 36.6 Å². The van der Waals surface area contributed by atoms with E-state index in [-0.39, 0.29) is 11.3 Å². The molecule has 1 aliphatic rings. The van der Waals surface area contributed by atoms with Crippen LogP contribution in [-0.4, -0.2) is 67.0 Å². The summed E-state index contributed by atoms with van der Waals surface area (Å²) in [6.07, 6.45) is 0. The third-order valence-electron chi connectivity index (χ3n) is 7.20. The summed E-state index contributed by atoms with van der Waals surface area (Å²) < 4.78 is 16.9. The Balaban J connectivity index is 1.72. The highest BCUT2D eigenvalue weighted by Gasteiger charge is 2.47. The molecular formula is C32H36N2O6. The summed E-state index contributed by atoms with van der Waals surface area (Å²) in [7, 11) is 3.08. The molecule has 0 bridgehead atoms. The number of benzene rings is 3. The Labute approximate surface area is 235 Å². The summed E-state index contributed by atoms with van der Waals surface area (Å²) in [5.74, 6) is -0.0110. The molecule has 3 aromatic rings. The van der Waals surface area contributed by atoms with Crippen LogP contribution >= 0.6 is 0 Å². The predicted octanol–water partition coefficient (Wildman–Crippen LogP) is 5.05. The summed E-state index contributed by atoms with van der Waals surface area (Å²) >= 11 is 0. The SMILES string of the molecule is CCN(CC)CCN1C(=O)C(=O)/C(=C(/O)c2ccc(OCc3ccccc3)cc2)C1c1cc(OC)ccc1OC. The smallest absolute Gasteiger partial charge is 0.295 e. The fourth-order valence-corrected chi connectivity index (χ4v) is 4.88. The van der Waals surface area contributed by atoms with Gasteiger partial charge in [0.25, 0.3) is 11.7 Å². The predicted molar refractivity (Wildman–Crippen MR) is 154 cm³/mol. The first-order valence-electron chi connectivity index (χ1n) is 13.4. The quantitative estimate of drug-likeness (QED) is 0.194. The normalized spacial score (nSPS) is 16.4. The molecule has 210 valence electrons. The molecule has 4 rings (SSSR count).